The maximum atomic E-state index is 12.5. The smallest absolute Gasteiger partial charge is 0.277 e. The highest BCUT2D eigenvalue weighted by atomic mass is 32.2. The fourth-order valence-corrected chi connectivity index (χ4v) is 4.09. The first-order valence-corrected chi connectivity index (χ1v) is 11.1. The third-order valence-corrected chi connectivity index (χ3v) is 6.82. The Bertz CT molecular complexity index is 1150. The number of hydrogen-bond donors (Lipinski definition) is 1. The average molecular weight is 418 g/mol. The van der Waals surface area contributed by atoms with Crippen molar-refractivity contribution in [2.24, 2.45) is 13.0 Å². The fraction of sp³-hybridized carbons (Fsp3) is 0.400. The molecule has 0 atom stereocenters. The molecule has 2 heterocycles. The number of nitrogens with one attached hydrogen (secondary N) is 1. The van der Waals surface area contributed by atoms with E-state index in [1.807, 2.05) is 0 Å². The Morgan fingerprint density at radius 2 is 2.00 bits per heavy atom. The van der Waals surface area contributed by atoms with Crippen molar-refractivity contribution in [2.75, 3.05) is 24.3 Å². The van der Waals surface area contributed by atoms with Crippen molar-refractivity contribution in [1.82, 2.24) is 4.57 Å². The Balaban J connectivity index is 1.91. The zero-order valence-corrected chi connectivity index (χ0v) is 17.0. The lowest BCUT2D eigenvalue weighted by molar-refractivity contribution is -0.118. The van der Waals surface area contributed by atoms with E-state index in [9.17, 15) is 18.0 Å². The zero-order chi connectivity index (χ0) is 20.8. The predicted octanol–water partition coefficient (Wildman–Crippen LogP) is 1.97. The van der Waals surface area contributed by atoms with Crippen molar-refractivity contribution in [3.8, 4) is 22.6 Å². The van der Waals surface area contributed by atoms with Gasteiger partial charge in [0.25, 0.3) is 11.5 Å². The van der Waals surface area contributed by atoms with Gasteiger partial charge in [-0.1, -0.05) is 6.92 Å². The number of amides is 1. The van der Waals surface area contributed by atoms with Crippen LogP contribution in [0.4, 0.5) is 5.69 Å². The van der Waals surface area contributed by atoms with Crippen LogP contribution >= 0.6 is 0 Å². The van der Waals surface area contributed by atoms with Crippen LogP contribution in [0.15, 0.2) is 34.1 Å². The van der Waals surface area contributed by atoms with Gasteiger partial charge in [0, 0.05) is 24.4 Å². The average Bonchev–Trinajstić information content (AvgIpc) is 3.53. The number of sulfone groups is 1. The molecular formula is C20H22N2O6S. The van der Waals surface area contributed by atoms with Crippen molar-refractivity contribution >= 4 is 21.4 Å². The van der Waals surface area contributed by atoms with Gasteiger partial charge in [0.1, 0.15) is 5.75 Å². The summed E-state index contributed by atoms with van der Waals surface area (Å²) < 4.78 is 37.8. The van der Waals surface area contributed by atoms with Gasteiger partial charge < -0.3 is 19.4 Å². The normalized spacial score (nSPS) is 16.0. The molecule has 1 aromatic carbocycles. The van der Waals surface area contributed by atoms with Crippen LogP contribution in [0.5, 0.6) is 11.5 Å². The summed E-state index contributed by atoms with van der Waals surface area (Å²) in [5.74, 6) is 0.779. The van der Waals surface area contributed by atoms with Gasteiger partial charge >= 0.3 is 0 Å². The van der Waals surface area contributed by atoms with Crippen molar-refractivity contribution in [3.05, 3.63) is 34.7 Å². The van der Waals surface area contributed by atoms with E-state index in [0.29, 0.717) is 29.4 Å². The molecule has 0 unspecified atom stereocenters. The van der Waals surface area contributed by atoms with Gasteiger partial charge in [0.05, 0.1) is 17.3 Å². The maximum absolute atomic E-state index is 12.5. The molecular weight excluding hydrogens is 396 g/mol. The Morgan fingerprint density at radius 3 is 2.69 bits per heavy atom. The quantitative estimate of drug-likeness (QED) is 0.769. The molecule has 1 amide bonds. The molecule has 9 heteroatoms. The van der Waals surface area contributed by atoms with Gasteiger partial charge in [-0.05, 0) is 37.0 Å². The summed E-state index contributed by atoms with van der Waals surface area (Å²) >= 11 is 0. The Kier molecular flexibility index (Phi) is 4.85. The molecule has 0 bridgehead atoms. The van der Waals surface area contributed by atoms with E-state index in [2.05, 4.69) is 5.32 Å². The van der Waals surface area contributed by atoms with Crippen molar-refractivity contribution in [1.29, 1.82) is 0 Å². The van der Waals surface area contributed by atoms with Crippen LogP contribution < -0.4 is 20.3 Å². The number of aryl methyl sites for hydroxylation is 1. The second kappa shape index (κ2) is 7.22. The van der Waals surface area contributed by atoms with E-state index in [1.54, 1.807) is 32.3 Å². The van der Waals surface area contributed by atoms with E-state index in [1.165, 1.54) is 10.6 Å². The number of ether oxygens (including phenoxy) is 2. The van der Waals surface area contributed by atoms with Crippen LogP contribution in [0.3, 0.4) is 0 Å². The number of benzene rings is 1. The molecule has 0 spiro atoms. The summed E-state index contributed by atoms with van der Waals surface area (Å²) in [7, 11) is -1.89. The van der Waals surface area contributed by atoms with Crippen LogP contribution in [0.25, 0.3) is 11.1 Å². The second-order valence-electron chi connectivity index (χ2n) is 7.32. The second-order valence-corrected chi connectivity index (χ2v) is 9.59. The predicted molar refractivity (Wildman–Crippen MR) is 107 cm³/mol. The van der Waals surface area contributed by atoms with Crippen LogP contribution in [0, 0.1) is 5.92 Å². The molecule has 1 N–H and O–H groups in total. The van der Waals surface area contributed by atoms with Gasteiger partial charge in [-0.25, -0.2) is 8.42 Å². The topological polar surface area (TPSA) is 104 Å². The molecule has 0 radical (unpaired) electrons. The van der Waals surface area contributed by atoms with Gasteiger partial charge in [-0.15, -0.1) is 0 Å². The number of carbonyl (C=O) groups excluding carboxylic acids is 1. The molecule has 0 saturated heterocycles. The summed E-state index contributed by atoms with van der Waals surface area (Å²) in [5.41, 5.74) is 0.622. The molecule has 1 aromatic heterocycles. The summed E-state index contributed by atoms with van der Waals surface area (Å²) in [6, 6.07) is 4.71. The molecule has 1 fully saturated rings. The van der Waals surface area contributed by atoms with E-state index in [-0.39, 0.29) is 28.7 Å². The lowest BCUT2D eigenvalue weighted by Crippen LogP contribution is -2.32. The van der Waals surface area contributed by atoms with Crippen LogP contribution in [-0.4, -0.2) is 37.9 Å². The van der Waals surface area contributed by atoms with Crippen molar-refractivity contribution < 1.29 is 22.7 Å². The fourth-order valence-electron chi connectivity index (χ4n) is 3.18. The van der Waals surface area contributed by atoms with Gasteiger partial charge in [-0.2, -0.15) is 0 Å². The van der Waals surface area contributed by atoms with Gasteiger partial charge in [0.2, 0.25) is 0 Å². The third kappa shape index (κ3) is 3.74. The zero-order valence-electron chi connectivity index (χ0n) is 16.2. The molecule has 8 nitrogen and oxygen atoms in total. The lowest BCUT2D eigenvalue weighted by Gasteiger charge is -2.22. The number of aromatic nitrogens is 1. The molecule has 1 aliphatic heterocycles. The molecule has 1 aliphatic carbocycles. The molecule has 29 heavy (non-hydrogen) atoms. The minimum atomic E-state index is -3.45. The Morgan fingerprint density at radius 1 is 1.24 bits per heavy atom. The highest BCUT2D eigenvalue weighted by molar-refractivity contribution is 7.91. The maximum Gasteiger partial charge on any atom is 0.277 e. The molecule has 154 valence electrons. The van der Waals surface area contributed by atoms with Gasteiger partial charge in [0.15, 0.2) is 27.9 Å². The van der Waals surface area contributed by atoms with E-state index < -0.39 is 21.3 Å². The molecule has 2 aliphatic rings. The molecule has 2 aromatic rings. The number of pyridine rings is 1. The van der Waals surface area contributed by atoms with Gasteiger partial charge in [-0.3, -0.25) is 9.59 Å². The molecule has 4 rings (SSSR count). The highest BCUT2D eigenvalue weighted by Crippen LogP contribution is 2.42. The van der Waals surface area contributed by atoms with Crippen LogP contribution in [0.1, 0.15) is 19.8 Å². The Hall–Kier alpha value is -2.81. The van der Waals surface area contributed by atoms with E-state index in [0.717, 1.165) is 12.8 Å². The first kappa shape index (κ1) is 19.5. The first-order valence-electron chi connectivity index (χ1n) is 9.46. The lowest BCUT2D eigenvalue weighted by atomic mass is 10.0. The number of anilines is 1. The number of hydrogen-bond acceptors (Lipinski definition) is 6. The SMILES string of the molecule is CCS(=O)(=O)c1ccc(OCC2CC2)c(-c2cn(C)c(=O)c3c2OCC(=O)N3)c1. The summed E-state index contributed by atoms with van der Waals surface area (Å²) in [5, 5.41) is 2.56. The van der Waals surface area contributed by atoms with Crippen LogP contribution in [-0.2, 0) is 21.7 Å². The molecule has 1 saturated carbocycles. The van der Waals surface area contributed by atoms with E-state index >= 15 is 0 Å². The van der Waals surface area contributed by atoms with Crippen molar-refractivity contribution in [2.45, 2.75) is 24.7 Å². The van der Waals surface area contributed by atoms with Crippen molar-refractivity contribution in [3.63, 3.8) is 0 Å². The third-order valence-electron chi connectivity index (χ3n) is 5.09. The number of carbonyl (C=O) groups is 1. The first-order chi connectivity index (χ1) is 13.8. The summed E-state index contributed by atoms with van der Waals surface area (Å²) in [6.07, 6.45) is 3.80. The largest absolute Gasteiger partial charge is 0.493 e. The monoisotopic (exact) mass is 418 g/mol. The minimum Gasteiger partial charge on any atom is -0.493 e. The number of nitrogens with zero attached hydrogens (tertiary/aromatic N) is 1. The highest BCUT2D eigenvalue weighted by Gasteiger charge is 2.28. The summed E-state index contributed by atoms with van der Waals surface area (Å²) in [4.78, 5) is 24.4. The number of fused-ring (bicyclic) bond motifs is 1. The van der Waals surface area contributed by atoms with Crippen LogP contribution in [0.2, 0.25) is 0 Å². The number of rotatable bonds is 6. The standard InChI is InChI=1S/C20H22N2O6S/c1-3-29(25,26)13-6-7-16(27-10-12-4-5-12)14(8-13)15-9-22(2)20(24)18-19(15)28-11-17(23)21-18/h6-9,12H,3-5,10-11H2,1-2H3,(H,21,23). The Labute approximate surface area is 168 Å². The summed E-state index contributed by atoms with van der Waals surface area (Å²) in [6.45, 7) is 1.90. The minimum absolute atomic E-state index is 0.0351. The van der Waals surface area contributed by atoms with E-state index in [4.69, 9.17) is 9.47 Å².